The molecule has 0 saturated carbocycles. The molecule has 7 heteroatoms. The van der Waals surface area contributed by atoms with E-state index in [9.17, 15) is 8.42 Å². The Bertz CT molecular complexity index is 492. The van der Waals surface area contributed by atoms with E-state index in [1.165, 1.54) is 10.9 Å². The minimum atomic E-state index is -3.77. The van der Waals surface area contributed by atoms with Crippen LogP contribution in [0.3, 0.4) is 0 Å². The molecule has 0 radical (unpaired) electrons. The first-order valence-corrected chi connectivity index (χ1v) is 6.74. The molecule has 0 spiro atoms. The van der Waals surface area contributed by atoms with Crippen LogP contribution in [0.15, 0.2) is 11.1 Å². The molecule has 15 heavy (non-hydrogen) atoms. The van der Waals surface area contributed by atoms with Crippen LogP contribution in [0.4, 0.5) is 0 Å². The van der Waals surface area contributed by atoms with Crippen molar-refractivity contribution >= 4 is 19.7 Å². The molecule has 2 rings (SSSR count). The van der Waals surface area contributed by atoms with Crippen molar-refractivity contribution in [2.24, 2.45) is 5.41 Å². The van der Waals surface area contributed by atoms with E-state index >= 15 is 0 Å². The van der Waals surface area contributed by atoms with E-state index in [1.807, 2.05) is 13.8 Å². The van der Waals surface area contributed by atoms with Gasteiger partial charge in [-0.15, -0.1) is 0 Å². The van der Waals surface area contributed by atoms with Gasteiger partial charge in [-0.1, -0.05) is 13.8 Å². The van der Waals surface area contributed by atoms with E-state index in [0.29, 0.717) is 13.2 Å². The van der Waals surface area contributed by atoms with Crippen LogP contribution in [-0.2, 0) is 15.6 Å². The first-order chi connectivity index (χ1) is 6.80. The Kier molecular flexibility index (Phi) is 2.24. The van der Waals surface area contributed by atoms with Crippen LogP contribution in [0.1, 0.15) is 13.8 Å². The SMILES string of the molecule is CC1(C)COc2c(S(=O)(=O)Cl)cnn2C1. The standard InChI is InChI=1S/C8H11ClN2O3S/c1-8(2)4-11-7(14-5-8)6(3-10-11)15(9,12)13/h3H,4-5H2,1-2H3. The average Bonchev–Trinajstić information content (AvgIpc) is 2.43. The molecule has 5 nitrogen and oxygen atoms in total. The molecule has 0 atom stereocenters. The molecular formula is C8H11ClN2O3S. The zero-order valence-electron chi connectivity index (χ0n) is 8.40. The number of halogens is 1. The maximum Gasteiger partial charge on any atom is 0.268 e. The molecule has 1 aromatic heterocycles. The maximum atomic E-state index is 11.2. The van der Waals surface area contributed by atoms with Gasteiger partial charge >= 0.3 is 0 Å². The minimum absolute atomic E-state index is 0.0492. The largest absolute Gasteiger partial charge is 0.476 e. The van der Waals surface area contributed by atoms with E-state index in [-0.39, 0.29) is 16.2 Å². The molecule has 84 valence electrons. The van der Waals surface area contributed by atoms with Gasteiger partial charge in [0.1, 0.15) is 0 Å². The summed E-state index contributed by atoms with van der Waals surface area (Å²) in [6, 6.07) is 0. The van der Waals surface area contributed by atoms with E-state index in [4.69, 9.17) is 15.4 Å². The van der Waals surface area contributed by atoms with Crippen molar-refractivity contribution in [2.75, 3.05) is 6.61 Å². The van der Waals surface area contributed by atoms with Gasteiger partial charge in [0.2, 0.25) is 5.88 Å². The van der Waals surface area contributed by atoms with Crippen LogP contribution in [0.2, 0.25) is 0 Å². The number of nitrogens with zero attached hydrogens (tertiary/aromatic N) is 2. The van der Waals surface area contributed by atoms with Gasteiger partial charge in [-0.05, 0) is 0 Å². The van der Waals surface area contributed by atoms with Crippen molar-refractivity contribution in [3.05, 3.63) is 6.20 Å². The number of hydrogen-bond acceptors (Lipinski definition) is 4. The van der Waals surface area contributed by atoms with Crippen molar-refractivity contribution in [3.8, 4) is 5.88 Å². The Balaban J connectivity index is 2.48. The second kappa shape index (κ2) is 3.12. The molecule has 1 aromatic rings. The summed E-state index contributed by atoms with van der Waals surface area (Å²) in [4.78, 5) is -0.0559. The summed E-state index contributed by atoms with van der Waals surface area (Å²) in [7, 11) is 1.47. The lowest BCUT2D eigenvalue weighted by molar-refractivity contribution is 0.0971. The topological polar surface area (TPSA) is 61.2 Å². The lowest BCUT2D eigenvalue weighted by Gasteiger charge is -2.30. The predicted octanol–water partition coefficient (Wildman–Crippen LogP) is 1.23. The van der Waals surface area contributed by atoms with Gasteiger partial charge in [0.05, 0.1) is 19.3 Å². The molecule has 0 N–H and O–H groups in total. The normalized spacial score (nSPS) is 19.4. The van der Waals surface area contributed by atoms with Crippen molar-refractivity contribution in [3.63, 3.8) is 0 Å². The quantitative estimate of drug-likeness (QED) is 0.704. The number of hydrogen-bond donors (Lipinski definition) is 0. The van der Waals surface area contributed by atoms with Crippen LogP contribution in [0.5, 0.6) is 5.88 Å². The van der Waals surface area contributed by atoms with Gasteiger partial charge in [-0.3, -0.25) is 0 Å². The fourth-order valence-corrected chi connectivity index (χ4v) is 2.36. The molecular weight excluding hydrogens is 240 g/mol. The molecule has 0 bridgehead atoms. The highest BCUT2D eigenvalue weighted by Gasteiger charge is 2.32. The number of aromatic nitrogens is 2. The minimum Gasteiger partial charge on any atom is -0.476 e. The summed E-state index contributed by atoms with van der Waals surface area (Å²) in [5.41, 5.74) is -0.0492. The Morgan fingerprint density at radius 3 is 2.87 bits per heavy atom. The maximum absolute atomic E-state index is 11.2. The Labute approximate surface area is 92.4 Å². The molecule has 1 aliphatic heterocycles. The second-order valence-electron chi connectivity index (χ2n) is 4.36. The molecule has 0 unspecified atom stereocenters. The third-order valence-electron chi connectivity index (χ3n) is 2.20. The second-order valence-corrected chi connectivity index (χ2v) is 6.90. The van der Waals surface area contributed by atoms with E-state index in [1.54, 1.807) is 0 Å². The van der Waals surface area contributed by atoms with Crippen LogP contribution in [0.25, 0.3) is 0 Å². The molecule has 1 aliphatic rings. The summed E-state index contributed by atoms with van der Waals surface area (Å²) in [5.74, 6) is 0.240. The predicted molar refractivity (Wildman–Crippen MR) is 54.5 cm³/mol. The summed E-state index contributed by atoms with van der Waals surface area (Å²) in [6.07, 6.45) is 1.22. The van der Waals surface area contributed by atoms with Crippen molar-refractivity contribution in [1.29, 1.82) is 0 Å². The lowest BCUT2D eigenvalue weighted by Crippen LogP contribution is -2.33. The lowest BCUT2D eigenvalue weighted by atomic mass is 9.94. The molecule has 0 saturated heterocycles. The van der Waals surface area contributed by atoms with Gasteiger partial charge in [0.15, 0.2) is 4.90 Å². The van der Waals surface area contributed by atoms with Crippen molar-refractivity contribution in [1.82, 2.24) is 9.78 Å². The fourth-order valence-electron chi connectivity index (χ4n) is 1.50. The molecule has 0 amide bonds. The van der Waals surface area contributed by atoms with Gasteiger partial charge in [0, 0.05) is 16.1 Å². The third-order valence-corrected chi connectivity index (χ3v) is 3.50. The fraction of sp³-hybridized carbons (Fsp3) is 0.625. The van der Waals surface area contributed by atoms with Crippen LogP contribution >= 0.6 is 10.7 Å². The Morgan fingerprint density at radius 1 is 1.60 bits per heavy atom. The Hall–Kier alpha value is -0.750. The van der Waals surface area contributed by atoms with Crippen LogP contribution in [0, 0.1) is 5.41 Å². The van der Waals surface area contributed by atoms with E-state index in [2.05, 4.69) is 5.10 Å². The van der Waals surface area contributed by atoms with E-state index < -0.39 is 9.05 Å². The highest BCUT2D eigenvalue weighted by atomic mass is 35.7. The van der Waals surface area contributed by atoms with Gasteiger partial charge in [-0.25, -0.2) is 13.1 Å². The first-order valence-electron chi connectivity index (χ1n) is 4.43. The van der Waals surface area contributed by atoms with E-state index in [0.717, 1.165) is 0 Å². The summed E-state index contributed by atoms with van der Waals surface area (Å²) >= 11 is 0. The van der Waals surface area contributed by atoms with Gasteiger partial charge in [0.25, 0.3) is 9.05 Å². The monoisotopic (exact) mass is 250 g/mol. The van der Waals surface area contributed by atoms with Crippen LogP contribution < -0.4 is 4.74 Å². The Morgan fingerprint density at radius 2 is 2.27 bits per heavy atom. The number of ether oxygens (including phenoxy) is 1. The van der Waals surface area contributed by atoms with Gasteiger partial charge in [-0.2, -0.15) is 5.10 Å². The zero-order chi connectivity index (χ0) is 11.3. The molecule has 0 aliphatic carbocycles. The first kappa shape index (κ1) is 10.8. The highest BCUT2D eigenvalue weighted by molar-refractivity contribution is 8.13. The summed E-state index contributed by atoms with van der Waals surface area (Å²) in [6.45, 7) is 5.12. The van der Waals surface area contributed by atoms with Crippen LogP contribution in [-0.4, -0.2) is 24.8 Å². The smallest absolute Gasteiger partial charge is 0.268 e. The summed E-state index contributed by atoms with van der Waals surface area (Å²) in [5, 5.41) is 3.95. The molecule has 0 fully saturated rings. The number of rotatable bonds is 1. The number of fused-ring (bicyclic) bond motifs is 1. The average molecular weight is 251 g/mol. The molecule has 0 aromatic carbocycles. The van der Waals surface area contributed by atoms with Gasteiger partial charge < -0.3 is 4.74 Å². The third kappa shape index (κ3) is 1.96. The molecule has 2 heterocycles. The summed E-state index contributed by atoms with van der Waals surface area (Å²) < 4.78 is 29.2. The van der Waals surface area contributed by atoms with Crippen molar-refractivity contribution in [2.45, 2.75) is 25.3 Å². The highest BCUT2D eigenvalue weighted by Crippen LogP contribution is 2.34. The van der Waals surface area contributed by atoms with Crippen molar-refractivity contribution < 1.29 is 13.2 Å². The zero-order valence-corrected chi connectivity index (χ0v) is 9.97.